The zero-order valence-corrected chi connectivity index (χ0v) is 12.7. The van der Waals surface area contributed by atoms with E-state index in [4.69, 9.17) is 5.11 Å². The molecule has 2 N–H and O–H groups in total. The molecule has 0 spiro atoms. The number of sulfonamides is 1. The van der Waals surface area contributed by atoms with Gasteiger partial charge in [-0.15, -0.1) is 0 Å². The lowest BCUT2D eigenvalue weighted by atomic mass is 9.87. The third kappa shape index (κ3) is 4.45. The van der Waals surface area contributed by atoms with E-state index in [1.54, 1.807) is 13.8 Å². The molecule has 19 heavy (non-hydrogen) atoms. The second-order valence-corrected chi connectivity index (χ2v) is 7.77. The van der Waals surface area contributed by atoms with Gasteiger partial charge in [-0.1, -0.05) is 27.2 Å². The number of rotatable bonds is 6. The lowest BCUT2D eigenvalue weighted by Crippen LogP contribution is -2.48. The van der Waals surface area contributed by atoms with Gasteiger partial charge < -0.3 is 5.11 Å². The first kappa shape index (κ1) is 16.4. The van der Waals surface area contributed by atoms with Gasteiger partial charge in [0.2, 0.25) is 10.0 Å². The lowest BCUT2D eigenvalue weighted by molar-refractivity contribution is -0.140. The number of aliphatic carboxylic acids is 1. The standard InChI is InChI=1S/C13H25NO4S/c1-4-10-5-7-11(8-6-10)19(17,18)14-12(9(2)3)13(15)16/h9-12,14H,4-8H2,1-3H3,(H,15,16)/t10?,11?,12-/m0/s1. The molecule has 0 unspecified atom stereocenters. The minimum atomic E-state index is -3.54. The Morgan fingerprint density at radius 2 is 1.79 bits per heavy atom. The zero-order chi connectivity index (χ0) is 14.6. The Balaban J connectivity index is 2.68. The maximum Gasteiger partial charge on any atom is 0.321 e. The van der Waals surface area contributed by atoms with Crippen LogP contribution in [0.5, 0.6) is 0 Å². The number of carbonyl (C=O) groups is 1. The molecular weight excluding hydrogens is 266 g/mol. The van der Waals surface area contributed by atoms with Crippen molar-refractivity contribution in [3.63, 3.8) is 0 Å². The van der Waals surface area contributed by atoms with Crippen molar-refractivity contribution in [2.75, 3.05) is 0 Å². The third-order valence-corrected chi connectivity index (χ3v) is 5.97. The van der Waals surface area contributed by atoms with E-state index in [0.29, 0.717) is 18.8 Å². The molecule has 1 atom stereocenters. The first-order chi connectivity index (χ1) is 8.77. The maximum atomic E-state index is 12.2. The van der Waals surface area contributed by atoms with Crippen LogP contribution >= 0.6 is 0 Å². The van der Waals surface area contributed by atoms with Crippen LogP contribution in [0.1, 0.15) is 52.9 Å². The zero-order valence-electron chi connectivity index (χ0n) is 11.9. The summed E-state index contributed by atoms with van der Waals surface area (Å²) in [4.78, 5) is 11.1. The topological polar surface area (TPSA) is 83.5 Å². The molecule has 0 aliphatic heterocycles. The van der Waals surface area contributed by atoms with Gasteiger partial charge in [-0.05, 0) is 37.5 Å². The summed E-state index contributed by atoms with van der Waals surface area (Å²) in [5.41, 5.74) is 0. The Morgan fingerprint density at radius 3 is 2.16 bits per heavy atom. The van der Waals surface area contributed by atoms with E-state index in [0.717, 1.165) is 19.3 Å². The van der Waals surface area contributed by atoms with E-state index in [1.165, 1.54) is 0 Å². The van der Waals surface area contributed by atoms with Crippen LogP contribution in [0.2, 0.25) is 0 Å². The second kappa shape index (κ2) is 6.70. The Labute approximate surface area is 115 Å². The van der Waals surface area contributed by atoms with Gasteiger partial charge in [0.15, 0.2) is 0 Å². The Kier molecular flexibility index (Phi) is 5.80. The highest BCUT2D eigenvalue weighted by Gasteiger charge is 2.34. The van der Waals surface area contributed by atoms with Crippen LogP contribution < -0.4 is 4.72 Å². The summed E-state index contributed by atoms with van der Waals surface area (Å²) in [5.74, 6) is -0.758. The molecular formula is C13H25NO4S. The van der Waals surface area contributed by atoms with Crippen LogP contribution in [0.25, 0.3) is 0 Å². The molecule has 0 aromatic heterocycles. The van der Waals surface area contributed by atoms with Crippen LogP contribution in [0, 0.1) is 11.8 Å². The van der Waals surface area contributed by atoms with Crippen molar-refractivity contribution in [1.29, 1.82) is 0 Å². The highest BCUT2D eigenvalue weighted by molar-refractivity contribution is 7.90. The van der Waals surface area contributed by atoms with E-state index < -0.39 is 27.3 Å². The number of carboxylic acid groups (broad SMARTS) is 1. The van der Waals surface area contributed by atoms with Crippen molar-refractivity contribution < 1.29 is 18.3 Å². The lowest BCUT2D eigenvalue weighted by Gasteiger charge is -2.29. The molecule has 1 aliphatic carbocycles. The van der Waals surface area contributed by atoms with Crippen molar-refractivity contribution in [1.82, 2.24) is 4.72 Å². The van der Waals surface area contributed by atoms with Crippen LogP contribution in [0.3, 0.4) is 0 Å². The normalized spacial score (nSPS) is 26.3. The number of carboxylic acids is 1. The smallest absolute Gasteiger partial charge is 0.321 e. The van der Waals surface area contributed by atoms with Crippen LogP contribution in [0.15, 0.2) is 0 Å². The summed E-state index contributed by atoms with van der Waals surface area (Å²) >= 11 is 0. The molecule has 0 aromatic carbocycles. The van der Waals surface area contributed by atoms with Crippen molar-refractivity contribution in [3.8, 4) is 0 Å². The fourth-order valence-electron chi connectivity index (χ4n) is 2.60. The Morgan fingerprint density at radius 1 is 1.26 bits per heavy atom. The molecule has 0 bridgehead atoms. The van der Waals surface area contributed by atoms with E-state index in [-0.39, 0.29) is 5.92 Å². The molecule has 6 heteroatoms. The van der Waals surface area contributed by atoms with Crippen molar-refractivity contribution >= 4 is 16.0 Å². The molecule has 1 fully saturated rings. The largest absolute Gasteiger partial charge is 0.480 e. The Hall–Kier alpha value is -0.620. The molecule has 112 valence electrons. The van der Waals surface area contributed by atoms with Gasteiger partial charge in [-0.3, -0.25) is 4.79 Å². The molecule has 1 saturated carbocycles. The first-order valence-corrected chi connectivity index (χ1v) is 8.56. The summed E-state index contributed by atoms with van der Waals surface area (Å²) in [7, 11) is -3.54. The molecule has 0 saturated heterocycles. The second-order valence-electron chi connectivity index (χ2n) is 5.77. The number of nitrogens with one attached hydrogen (secondary N) is 1. The molecule has 0 radical (unpaired) electrons. The van der Waals surface area contributed by atoms with Gasteiger partial charge in [-0.2, -0.15) is 0 Å². The van der Waals surface area contributed by atoms with Gasteiger partial charge in [0.1, 0.15) is 6.04 Å². The molecule has 0 aromatic rings. The van der Waals surface area contributed by atoms with Crippen LogP contribution in [0.4, 0.5) is 0 Å². The fourth-order valence-corrected chi connectivity index (χ4v) is 4.41. The summed E-state index contributed by atoms with van der Waals surface area (Å²) < 4.78 is 26.8. The van der Waals surface area contributed by atoms with Crippen LogP contribution in [-0.4, -0.2) is 30.8 Å². The van der Waals surface area contributed by atoms with E-state index in [2.05, 4.69) is 11.6 Å². The quantitative estimate of drug-likeness (QED) is 0.784. The average Bonchev–Trinajstić information content (AvgIpc) is 2.35. The van der Waals surface area contributed by atoms with Crippen LogP contribution in [-0.2, 0) is 14.8 Å². The fraction of sp³-hybridized carbons (Fsp3) is 0.923. The van der Waals surface area contributed by atoms with Gasteiger partial charge in [0.05, 0.1) is 5.25 Å². The van der Waals surface area contributed by atoms with Gasteiger partial charge in [0.25, 0.3) is 0 Å². The maximum absolute atomic E-state index is 12.2. The summed E-state index contributed by atoms with van der Waals surface area (Å²) in [6, 6.07) is -1.03. The van der Waals surface area contributed by atoms with E-state index in [1.807, 2.05) is 0 Å². The molecule has 1 rings (SSSR count). The first-order valence-electron chi connectivity index (χ1n) is 7.01. The SMILES string of the molecule is CCC1CCC(S(=O)(=O)N[C@H](C(=O)O)C(C)C)CC1. The van der Waals surface area contributed by atoms with Gasteiger partial charge >= 0.3 is 5.97 Å². The minimum Gasteiger partial charge on any atom is -0.480 e. The average molecular weight is 291 g/mol. The molecule has 1 aliphatic rings. The number of hydrogen-bond acceptors (Lipinski definition) is 3. The molecule has 0 amide bonds. The summed E-state index contributed by atoms with van der Waals surface area (Å²) in [6.45, 7) is 5.53. The summed E-state index contributed by atoms with van der Waals surface area (Å²) in [5, 5.41) is 8.62. The van der Waals surface area contributed by atoms with E-state index in [9.17, 15) is 13.2 Å². The Bertz CT molecular complexity index is 397. The van der Waals surface area contributed by atoms with Crippen molar-refractivity contribution in [2.24, 2.45) is 11.8 Å². The predicted molar refractivity (Wildman–Crippen MR) is 74.4 cm³/mol. The highest BCUT2D eigenvalue weighted by Crippen LogP contribution is 2.30. The van der Waals surface area contributed by atoms with E-state index >= 15 is 0 Å². The van der Waals surface area contributed by atoms with Gasteiger partial charge in [-0.25, -0.2) is 13.1 Å². The minimum absolute atomic E-state index is 0.265. The van der Waals surface area contributed by atoms with Gasteiger partial charge in [0, 0.05) is 0 Å². The predicted octanol–water partition coefficient (Wildman–Crippen LogP) is 1.98. The third-order valence-electron chi connectivity index (χ3n) is 4.03. The van der Waals surface area contributed by atoms with Crippen molar-refractivity contribution in [2.45, 2.75) is 64.2 Å². The highest BCUT2D eigenvalue weighted by atomic mass is 32.2. The van der Waals surface area contributed by atoms with Crippen molar-refractivity contribution in [3.05, 3.63) is 0 Å². The molecule has 0 heterocycles. The number of hydrogen-bond donors (Lipinski definition) is 2. The summed E-state index contributed by atoms with van der Waals surface area (Å²) in [6.07, 6.45) is 4.20. The molecule has 5 nitrogen and oxygen atoms in total. The monoisotopic (exact) mass is 291 g/mol.